The van der Waals surface area contributed by atoms with Gasteiger partial charge in [-0.15, -0.1) is 0 Å². The summed E-state index contributed by atoms with van der Waals surface area (Å²) in [6.07, 6.45) is 4.71. The maximum absolute atomic E-state index is 5.51. The number of nitrogens with one attached hydrogen (secondary N) is 2. The second-order valence-corrected chi connectivity index (χ2v) is 5.40. The molecule has 0 amide bonds. The summed E-state index contributed by atoms with van der Waals surface area (Å²) < 4.78 is 0. The van der Waals surface area contributed by atoms with Crippen LogP contribution in [-0.4, -0.2) is 28.0 Å². The first kappa shape index (κ1) is 15.0. The third-order valence-electron chi connectivity index (χ3n) is 2.80. The maximum Gasteiger partial charge on any atom is 0.148 e. The van der Waals surface area contributed by atoms with E-state index in [0.717, 1.165) is 23.6 Å². The molecular weight excluding hydrogens is 246 g/mol. The molecule has 18 heavy (non-hydrogen) atoms. The lowest BCUT2D eigenvalue weighted by atomic mass is 10.0. The second kappa shape index (κ2) is 7.43. The minimum atomic E-state index is 0.312. The molecule has 5 nitrogen and oxygen atoms in total. The number of hydrogen-bond acceptors (Lipinski definition) is 6. The van der Waals surface area contributed by atoms with E-state index in [1.165, 1.54) is 6.33 Å². The summed E-state index contributed by atoms with van der Waals surface area (Å²) in [5.74, 6) is 8.46. The van der Waals surface area contributed by atoms with Crippen LogP contribution in [0.1, 0.15) is 38.7 Å². The molecule has 0 bridgehead atoms. The Labute approximate surface area is 113 Å². The van der Waals surface area contributed by atoms with Crippen LogP contribution in [0.2, 0.25) is 0 Å². The molecule has 0 aliphatic heterocycles. The van der Waals surface area contributed by atoms with Gasteiger partial charge in [0.25, 0.3) is 0 Å². The van der Waals surface area contributed by atoms with Crippen LogP contribution < -0.4 is 16.6 Å². The van der Waals surface area contributed by atoms with Gasteiger partial charge in [-0.2, -0.15) is 11.8 Å². The first-order valence-corrected chi connectivity index (χ1v) is 7.60. The van der Waals surface area contributed by atoms with E-state index in [1.54, 1.807) is 0 Å². The number of rotatable bonds is 7. The Morgan fingerprint density at radius 3 is 2.50 bits per heavy atom. The molecule has 1 aromatic heterocycles. The minimum Gasteiger partial charge on any atom is -0.366 e. The average Bonchev–Trinajstić information content (AvgIpc) is 2.37. The van der Waals surface area contributed by atoms with Crippen molar-refractivity contribution in [3.8, 4) is 0 Å². The third-order valence-corrected chi connectivity index (χ3v) is 3.54. The van der Waals surface area contributed by atoms with E-state index >= 15 is 0 Å². The number of anilines is 2. The van der Waals surface area contributed by atoms with E-state index in [4.69, 9.17) is 5.84 Å². The summed E-state index contributed by atoms with van der Waals surface area (Å²) in [6.45, 7) is 6.40. The molecule has 102 valence electrons. The molecule has 1 aromatic rings. The monoisotopic (exact) mass is 269 g/mol. The van der Waals surface area contributed by atoms with Crippen molar-refractivity contribution < 1.29 is 0 Å². The lowest BCUT2D eigenvalue weighted by Crippen LogP contribution is -2.24. The summed E-state index contributed by atoms with van der Waals surface area (Å²) in [5, 5.41) is 3.49. The second-order valence-electron chi connectivity index (χ2n) is 4.49. The predicted octanol–water partition coefficient (Wildman–Crippen LogP) is 2.44. The average molecular weight is 269 g/mol. The van der Waals surface area contributed by atoms with Crippen LogP contribution in [-0.2, 0) is 0 Å². The van der Waals surface area contributed by atoms with E-state index in [1.807, 2.05) is 11.8 Å². The van der Waals surface area contributed by atoms with Crippen molar-refractivity contribution in [2.45, 2.75) is 39.2 Å². The van der Waals surface area contributed by atoms with E-state index in [0.29, 0.717) is 17.8 Å². The fourth-order valence-electron chi connectivity index (χ4n) is 1.83. The van der Waals surface area contributed by atoms with Gasteiger partial charge in [-0.25, -0.2) is 15.8 Å². The van der Waals surface area contributed by atoms with Gasteiger partial charge in [0.05, 0.1) is 0 Å². The van der Waals surface area contributed by atoms with Crippen LogP contribution in [0.25, 0.3) is 0 Å². The molecule has 1 atom stereocenters. The zero-order valence-corrected chi connectivity index (χ0v) is 12.3. The zero-order chi connectivity index (χ0) is 13.5. The lowest BCUT2D eigenvalue weighted by molar-refractivity contribution is 0.758. The van der Waals surface area contributed by atoms with Crippen molar-refractivity contribution in [2.24, 2.45) is 5.84 Å². The Morgan fingerprint density at radius 2 is 2.00 bits per heavy atom. The number of nitrogens with two attached hydrogens (primary N) is 1. The highest BCUT2D eigenvalue weighted by atomic mass is 32.2. The van der Waals surface area contributed by atoms with E-state index in [-0.39, 0.29) is 0 Å². The first-order chi connectivity index (χ1) is 8.63. The lowest BCUT2D eigenvalue weighted by Gasteiger charge is -2.21. The topological polar surface area (TPSA) is 75.9 Å². The number of nitrogen functional groups attached to an aromatic ring is 1. The van der Waals surface area contributed by atoms with Crippen molar-refractivity contribution in [3.05, 3.63) is 11.9 Å². The van der Waals surface area contributed by atoms with E-state index in [9.17, 15) is 0 Å². The van der Waals surface area contributed by atoms with Gasteiger partial charge in [-0.1, -0.05) is 20.8 Å². The van der Waals surface area contributed by atoms with Crippen molar-refractivity contribution in [1.29, 1.82) is 0 Å². The SMILES string of the molecule is CCC(CSC)Nc1ncnc(NN)c1C(C)C. The molecule has 0 spiro atoms. The van der Waals surface area contributed by atoms with Gasteiger partial charge in [0.2, 0.25) is 0 Å². The van der Waals surface area contributed by atoms with Crippen molar-refractivity contribution in [1.82, 2.24) is 9.97 Å². The Hall–Kier alpha value is -1.01. The van der Waals surface area contributed by atoms with Gasteiger partial charge in [0.1, 0.15) is 18.0 Å². The summed E-state index contributed by atoms with van der Waals surface area (Å²) in [7, 11) is 0. The smallest absolute Gasteiger partial charge is 0.148 e. The number of hydrogen-bond donors (Lipinski definition) is 3. The highest BCUT2D eigenvalue weighted by Crippen LogP contribution is 2.28. The molecule has 0 saturated heterocycles. The van der Waals surface area contributed by atoms with Gasteiger partial charge in [-0.05, 0) is 18.6 Å². The van der Waals surface area contributed by atoms with Gasteiger partial charge >= 0.3 is 0 Å². The van der Waals surface area contributed by atoms with Crippen molar-refractivity contribution in [2.75, 3.05) is 22.8 Å². The molecule has 0 aliphatic rings. The molecule has 0 aromatic carbocycles. The largest absolute Gasteiger partial charge is 0.366 e. The number of aromatic nitrogens is 2. The molecule has 6 heteroatoms. The summed E-state index contributed by atoms with van der Waals surface area (Å²) in [5.41, 5.74) is 3.69. The quantitative estimate of drug-likeness (QED) is 0.521. The van der Waals surface area contributed by atoms with E-state index in [2.05, 4.69) is 47.7 Å². The summed E-state index contributed by atoms with van der Waals surface area (Å²) >= 11 is 1.83. The Morgan fingerprint density at radius 1 is 1.33 bits per heavy atom. The highest BCUT2D eigenvalue weighted by Gasteiger charge is 2.16. The van der Waals surface area contributed by atoms with Crippen molar-refractivity contribution >= 4 is 23.4 Å². The standard InChI is InChI=1S/C12H23N5S/c1-5-9(6-18-4)16-11-10(8(2)3)12(17-13)15-7-14-11/h7-9H,5-6,13H2,1-4H3,(H2,14,15,16,17). The fourth-order valence-corrected chi connectivity index (χ4v) is 2.55. The molecule has 1 heterocycles. The maximum atomic E-state index is 5.51. The molecule has 1 unspecified atom stereocenters. The van der Waals surface area contributed by atoms with Crippen LogP contribution in [0.3, 0.4) is 0 Å². The highest BCUT2D eigenvalue weighted by molar-refractivity contribution is 7.98. The summed E-state index contributed by atoms with van der Waals surface area (Å²) in [4.78, 5) is 8.52. The molecule has 1 rings (SSSR count). The van der Waals surface area contributed by atoms with Crippen LogP contribution in [0.5, 0.6) is 0 Å². The fraction of sp³-hybridized carbons (Fsp3) is 0.667. The van der Waals surface area contributed by atoms with Gasteiger partial charge in [0.15, 0.2) is 0 Å². The molecule has 0 radical (unpaired) electrons. The predicted molar refractivity (Wildman–Crippen MR) is 80.0 cm³/mol. The molecule has 0 fully saturated rings. The molecule has 4 N–H and O–H groups in total. The number of nitrogens with zero attached hydrogens (tertiary/aromatic N) is 2. The van der Waals surface area contributed by atoms with Gasteiger partial charge in [-0.3, -0.25) is 0 Å². The van der Waals surface area contributed by atoms with Crippen molar-refractivity contribution in [3.63, 3.8) is 0 Å². The number of thioether (sulfide) groups is 1. The normalized spacial score (nSPS) is 12.6. The molecule has 0 aliphatic carbocycles. The van der Waals surface area contributed by atoms with Crippen LogP contribution in [0, 0.1) is 0 Å². The zero-order valence-electron chi connectivity index (χ0n) is 11.5. The first-order valence-electron chi connectivity index (χ1n) is 6.20. The molecular formula is C12H23N5S. The minimum absolute atomic E-state index is 0.312. The van der Waals surface area contributed by atoms with Crippen LogP contribution in [0.4, 0.5) is 11.6 Å². The van der Waals surface area contributed by atoms with E-state index < -0.39 is 0 Å². The van der Waals surface area contributed by atoms with Crippen LogP contribution >= 0.6 is 11.8 Å². The molecule has 0 saturated carbocycles. The third kappa shape index (κ3) is 3.74. The summed E-state index contributed by atoms with van der Waals surface area (Å²) in [6, 6.07) is 0.415. The Kier molecular flexibility index (Phi) is 6.21. The van der Waals surface area contributed by atoms with Gasteiger partial charge in [0, 0.05) is 17.4 Å². The number of hydrazine groups is 1. The Balaban J connectivity index is 3.00. The van der Waals surface area contributed by atoms with Crippen LogP contribution in [0.15, 0.2) is 6.33 Å². The Bertz CT molecular complexity index is 369. The van der Waals surface area contributed by atoms with Gasteiger partial charge < -0.3 is 10.7 Å².